The molecule has 1 heterocycles. The van der Waals surface area contributed by atoms with E-state index in [-0.39, 0.29) is 5.41 Å². The molecule has 12 rings (SSSR count). The van der Waals surface area contributed by atoms with E-state index < -0.39 is 0 Å². The number of rotatable bonds is 5. The second-order valence-corrected chi connectivity index (χ2v) is 16.4. The Kier molecular flexibility index (Phi) is 7.47. The van der Waals surface area contributed by atoms with Gasteiger partial charge in [0.1, 0.15) is 0 Å². The molecule has 0 unspecified atom stereocenters. The van der Waals surface area contributed by atoms with Gasteiger partial charge in [0, 0.05) is 11.1 Å². The third-order valence-electron chi connectivity index (χ3n) is 13.3. The van der Waals surface area contributed by atoms with Crippen molar-refractivity contribution in [1.82, 2.24) is 4.57 Å². The summed E-state index contributed by atoms with van der Waals surface area (Å²) in [5, 5.41) is 7.61. The number of benzene rings is 9. The van der Waals surface area contributed by atoms with Crippen LogP contribution in [0.1, 0.15) is 36.8 Å². The highest BCUT2D eigenvalue weighted by atomic mass is 15.0. The molecule has 0 aliphatic heterocycles. The zero-order chi connectivity index (χ0) is 38.2. The molecule has 274 valence electrons. The largest absolute Gasteiger partial charge is 0.309 e. The summed E-state index contributed by atoms with van der Waals surface area (Å²) in [5.41, 5.74) is 17.0. The smallest absolute Gasteiger partial charge is 0.0535 e. The Balaban J connectivity index is 1.18. The maximum absolute atomic E-state index is 2.59. The minimum Gasteiger partial charge on any atom is -0.309 e. The van der Waals surface area contributed by atoms with Gasteiger partial charge in [0.15, 0.2) is 0 Å². The van der Waals surface area contributed by atoms with Crippen molar-refractivity contribution in [2.24, 2.45) is 0 Å². The van der Waals surface area contributed by atoms with Gasteiger partial charge in [0.2, 0.25) is 0 Å². The van der Waals surface area contributed by atoms with Crippen molar-refractivity contribution in [2.45, 2.75) is 31.1 Å². The lowest BCUT2D eigenvalue weighted by molar-refractivity contribution is 0.550. The molecule has 0 N–H and O–H groups in total. The quantitative estimate of drug-likeness (QED) is 0.155. The molecule has 58 heavy (non-hydrogen) atoms. The number of fused-ring (bicyclic) bond motifs is 8. The lowest BCUT2D eigenvalue weighted by atomic mass is 9.76. The van der Waals surface area contributed by atoms with Crippen LogP contribution in [0.3, 0.4) is 0 Å². The maximum Gasteiger partial charge on any atom is 0.0535 e. The second-order valence-electron chi connectivity index (χ2n) is 16.4. The van der Waals surface area contributed by atoms with Crippen molar-refractivity contribution in [3.63, 3.8) is 0 Å². The van der Waals surface area contributed by atoms with Crippen LogP contribution in [0.5, 0.6) is 0 Å². The molecule has 1 saturated carbocycles. The fourth-order valence-corrected chi connectivity index (χ4v) is 10.8. The van der Waals surface area contributed by atoms with Crippen molar-refractivity contribution in [1.29, 1.82) is 0 Å². The molecule has 0 radical (unpaired) electrons. The van der Waals surface area contributed by atoms with E-state index in [1.165, 1.54) is 125 Å². The molecule has 1 spiro atoms. The van der Waals surface area contributed by atoms with E-state index in [0.29, 0.717) is 0 Å². The average Bonchev–Trinajstić information content (AvgIpc) is 4.04. The van der Waals surface area contributed by atoms with E-state index in [9.17, 15) is 0 Å². The lowest BCUT2D eigenvalue weighted by Gasteiger charge is -2.27. The average molecular weight is 740 g/mol. The van der Waals surface area contributed by atoms with E-state index in [1.807, 2.05) is 0 Å². The van der Waals surface area contributed by atoms with Gasteiger partial charge in [-0.25, -0.2) is 0 Å². The second kappa shape index (κ2) is 13.0. The number of aromatic nitrogens is 1. The first-order chi connectivity index (χ1) is 28.7. The monoisotopic (exact) mass is 739 g/mol. The summed E-state index contributed by atoms with van der Waals surface area (Å²) in [4.78, 5) is 0. The molecular formula is C57H41N. The van der Waals surface area contributed by atoms with Crippen molar-refractivity contribution in [3.05, 3.63) is 211 Å². The molecular weight excluding hydrogens is 699 g/mol. The van der Waals surface area contributed by atoms with Crippen LogP contribution in [0.25, 0.3) is 93.9 Å². The predicted molar refractivity (Wildman–Crippen MR) is 245 cm³/mol. The van der Waals surface area contributed by atoms with Crippen LogP contribution >= 0.6 is 0 Å². The Morgan fingerprint density at radius 2 is 0.897 bits per heavy atom. The molecule has 1 aromatic heterocycles. The van der Waals surface area contributed by atoms with Gasteiger partial charge >= 0.3 is 0 Å². The summed E-state index contributed by atoms with van der Waals surface area (Å²) in [6, 6.07) is 74.9. The molecule has 9 aromatic carbocycles. The summed E-state index contributed by atoms with van der Waals surface area (Å²) in [7, 11) is 0. The normalized spacial score (nSPS) is 14.1. The van der Waals surface area contributed by atoms with Crippen LogP contribution in [0.2, 0.25) is 0 Å². The SMILES string of the molecule is c1ccc(-c2ccc(-c3ccccc3)n2-c2ccc3c(-c4ccc5ccccc5c4)c4ccccc4c(-c4ccc5c(c4)C4(CCCC4)c4ccccc4-5)c3c2)cc1. The van der Waals surface area contributed by atoms with Gasteiger partial charge in [0.05, 0.1) is 11.4 Å². The van der Waals surface area contributed by atoms with Crippen LogP contribution < -0.4 is 0 Å². The van der Waals surface area contributed by atoms with E-state index in [0.717, 1.165) is 5.69 Å². The summed E-state index contributed by atoms with van der Waals surface area (Å²) in [6.45, 7) is 0. The van der Waals surface area contributed by atoms with Crippen molar-refractivity contribution < 1.29 is 0 Å². The molecule has 1 fully saturated rings. The Morgan fingerprint density at radius 1 is 0.345 bits per heavy atom. The molecule has 10 aromatic rings. The summed E-state index contributed by atoms with van der Waals surface area (Å²) >= 11 is 0. The number of hydrogen-bond acceptors (Lipinski definition) is 0. The minimum atomic E-state index is 0.0874. The van der Waals surface area contributed by atoms with Crippen LogP contribution in [0.4, 0.5) is 0 Å². The van der Waals surface area contributed by atoms with Gasteiger partial charge in [-0.05, 0) is 137 Å². The molecule has 2 aliphatic rings. The molecule has 0 saturated heterocycles. The molecule has 1 nitrogen and oxygen atoms in total. The highest BCUT2D eigenvalue weighted by Crippen LogP contribution is 2.58. The van der Waals surface area contributed by atoms with Crippen molar-refractivity contribution in [2.75, 3.05) is 0 Å². The van der Waals surface area contributed by atoms with Crippen LogP contribution in [0, 0.1) is 0 Å². The Hall–Kier alpha value is -6.96. The standard InChI is InChI=1S/C57H41N/c1-3-16-39(17-4-1)53-31-32-54(40-18-5-2-6-19-40)58(53)44-28-30-49-50(37-44)56(43-27-29-46-45-21-11-12-24-51(45)57(52(46)36-43)33-13-14-34-57)48-23-10-9-22-47(48)55(49)42-26-25-38-15-7-8-20-41(38)35-42/h1-12,15-32,35-37H,13-14,33-34H2. The molecule has 0 atom stereocenters. The fraction of sp³-hybridized carbons (Fsp3) is 0.0877. The third kappa shape index (κ3) is 4.96. The van der Waals surface area contributed by atoms with E-state index in [1.54, 1.807) is 0 Å². The van der Waals surface area contributed by atoms with Crippen LogP contribution in [-0.4, -0.2) is 4.57 Å². The van der Waals surface area contributed by atoms with Gasteiger partial charge < -0.3 is 4.57 Å². The summed E-state index contributed by atoms with van der Waals surface area (Å²) in [5.74, 6) is 0. The molecule has 0 amide bonds. The zero-order valence-corrected chi connectivity index (χ0v) is 32.3. The topological polar surface area (TPSA) is 4.93 Å². The van der Waals surface area contributed by atoms with E-state index in [4.69, 9.17) is 0 Å². The molecule has 2 aliphatic carbocycles. The summed E-state index contributed by atoms with van der Waals surface area (Å²) < 4.78 is 2.46. The van der Waals surface area contributed by atoms with Gasteiger partial charge in [-0.3, -0.25) is 0 Å². The van der Waals surface area contributed by atoms with Gasteiger partial charge in [-0.15, -0.1) is 0 Å². The van der Waals surface area contributed by atoms with Crippen molar-refractivity contribution in [3.8, 4) is 61.6 Å². The zero-order valence-electron chi connectivity index (χ0n) is 32.3. The van der Waals surface area contributed by atoms with Gasteiger partial charge in [-0.2, -0.15) is 0 Å². The Morgan fingerprint density at radius 3 is 1.62 bits per heavy atom. The first kappa shape index (κ1) is 33.2. The Labute approximate surface area is 339 Å². The molecule has 1 heteroatoms. The van der Waals surface area contributed by atoms with Crippen LogP contribution in [-0.2, 0) is 5.41 Å². The first-order valence-electron chi connectivity index (χ1n) is 20.8. The van der Waals surface area contributed by atoms with Gasteiger partial charge in [-0.1, -0.05) is 177 Å². The first-order valence-corrected chi connectivity index (χ1v) is 20.8. The molecule has 0 bridgehead atoms. The third-order valence-corrected chi connectivity index (χ3v) is 13.3. The number of hydrogen-bond donors (Lipinski definition) is 0. The van der Waals surface area contributed by atoms with E-state index >= 15 is 0 Å². The predicted octanol–water partition coefficient (Wildman–Crippen LogP) is 15.4. The maximum atomic E-state index is 2.59. The van der Waals surface area contributed by atoms with Crippen molar-refractivity contribution >= 4 is 32.3 Å². The van der Waals surface area contributed by atoms with Gasteiger partial charge in [0.25, 0.3) is 0 Å². The Bertz CT molecular complexity index is 3160. The minimum absolute atomic E-state index is 0.0874. The summed E-state index contributed by atoms with van der Waals surface area (Å²) in [6.07, 6.45) is 4.98. The highest BCUT2D eigenvalue weighted by molar-refractivity contribution is 6.22. The lowest BCUT2D eigenvalue weighted by Crippen LogP contribution is -2.20. The fourth-order valence-electron chi connectivity index (χ4n) is 10.8. The highest BCUT2D eigenvalue weighted by Gasteiger charge is 2.45. The van der Waals surface area contributed by atoms with E-state index in [2.05, 4.69) is 205 Å². The number of nitrogens with zero attached hydrogens (tertiary/aromatic N) is 1. The van der Waals surface area contributed by atoms with Crippen LogP contribution in [0.15, 0.2) is 200 Å².